The van der Waals surface area contributed by atoms with Crippen molar-refractivity contribution in [2.75, 3.05) is 58.9 Å². The van der Waals surface area contributed by atoms with Crippen LogP contribution in [0.2, 0.25) is 0 Å². The minimum Gasteiger partial charge on any atom is -0.495 e. The molecule has 2 aliphatic rings. The summed E-state index contributed by atoms with van der Waals surface area (Å²) in [6.45, 7) is 3.45. The molecule has 2 aromatic rings. The number of ether oxygens (including phenoxy) is 3. The van der Waals surface area contributed by atoms with Gasteiger partial charge < -0.3 is 24.4 Å². The number of nitrogens with one attached hydrogen (secondary N) is 1. The van der Waals surface area contributed by atoms with E-state index in [1.54, 1.807) is 30.3 Å². The fourth-order valence-corrected chi connectivity index (χ4v) is 5.43. The zero-order valence-corrected chi connectivity index (χ0v) is 20.3. The van der Waals surface area contributed by atoms with E-state index in [1.807, 2.05) is 7.05 Å². The fourth-order valence-electron chi connectivity index (χ4n) is 3.98. The van der Waals surface area contributed by atoms with E-state index in [9.17, 15) is 13.2 Å². The summed E-state index contributed by atoms with van der Waals surface area (Å²) in [5.74, 6) is 0.658. The van der Waals surface area contributed by atoms with Crippen molar-refractivity contribution < 1.29 is 27.4 Å². The molecule has 0 spiro atoms. The molecule has 2 fully saturated rings. The highest BCUT2D eigenvalue weighted by Gasteiger charge is 2.28. The molecule has 1 N–H and O–H groups in total. The average Bonchev–Trinajstić information content (AvgIpc) is 3.37. The standard InChI is InChI=1S/C24H31N3O6S/c1-26-11-13-27(14-12-26)34(29,30)21-9-10-23(31-2)22(16-21)25-24(28)18-5-7-19(8-6-18)33-17-20-4-3-15-32-20/h5-10,16,20H,3-4,11-15,17H2,1-2H3,(H,25,28). The van der Waals surface area contributed by atoms with Crippen LogP contribution in [-0.2, 0) is 14.8 Å². The first kappa shape index (κ1) is 24.5. The third-order valence-corrected chi connectivity index (χ3v) is 7.99. The average molecular weight is 490 g/mol. The SMILES string of the molecule is COc1ccc(S(=O)(=O)N2CCN(C)CC2)cc1NC(=O)c1ccc(OCC2CCCO2)cc1. The minimum absolute atomic E-state index is 0.116. The number of nitrogens with zero attached hydrogens (tertiary/aromatic N) is 2. The van der Waals surface area contributed by atoms with E-state index in [0.29, 0.717) is 55.5 Å². The molecule has 184 valence electrons. The number of carbonyl (C=O) groups is 1. The predicted molar refractivity (Wildman–Crippen MR) is 128 cm³/mol. The highest BCUT2D eigenvalue weighted by molar-refractivity contribution is 7.89. The maximum Gasteiger partial charge on any atom is 0.255 e. The quantitative estimate of drug-likeness (QED) is 0.608. The molecule has 2 saturated heterocycles. The second kappa shape index (κ2) is 10.7. The van der Waals surface area contributed by atoms with Crippen molar-refractivity contribution in [3.05, 3.63) is 48.0 Å². The van der Waals surface area contributed by atoms with E-state index in [0.717, 1.165) is 19.4 Å². The molecule has 1 atom stereocenters. The van der Waals surface area contributed by atoms with Gasteiger partial charge in [-0.3, -0.25) is 4.79 Å². The lowest BCUT2D eigenvalue weighted by atomic mass is 10.2. The minimum atomic E-state index is -3.68. The number of anilines is 1. The highest BCUT2D eigenvalue weighted by Crippen LogP contribution is 2.30. The predicted octanol–water partition coefficient (Wildman–Crippen LogP) is 2.44. The molecule has 2 heterocycles. The molecule has 0 saturated carbocycles. The zero-order chi connectivity index (χ0) is 24.1. The summed E-state index contributed by atoms with van der Waals surface area (Å²) in [5, 5.41) is 2.78. The van der Waals surface area contributed by atoms with Crippen LogP contribution in [0.25, 0.3) is 0 Å². The summed E-state index contributed by atoms with van der Waals surface area (Å²) in [6, 6.07) is 11.3. The molecule has 4 rings (SSSR count). The lowest BCUT2D eigenvalue weighted by Crippen LogP contribution is -2.47. The van der Waals surface area contributed by atoms with Gasteiger partial charge in [-0.2, -0.15) is 4.31 Å². The molecule has 1 unspecified atom stereocenters. The van der Waals surface area contributed by atoms with Gasteiger partial charge in [-0.15, -0.1) is 0 Å². The van der Waals surface area contributed by atoms with Crippen LogP contribution in [0.3, 0.4) is 0 Å². The number of rotatable bonds is 8. The molecular weight excluding hydrogens is 458 g/mol. The van der Waals surface area contributed by atoms with Gasteiger partial charge in [0.1, 0.15) is 18.1 Å². The van der Waals surface area contributed by atoms with E-state index >= 15 is 0 Å². The Bertz CT molecular complexity index is 1090. The van der Waals surface area contributed by atoms with Gasteiger partial charge in [0.2, 0.25) is 10.0 Å². The van der Waals surface area contributed by atoms with Gasteiger partial charge in [-0.25, -0.2) is 8.42 Å². The Morgan fingerprint density at radius 3 is 2.50 bits per heavy atom. The Balaban J connectivity index is 1.45. The van der Waals surface area contributed by atoms with Crippen LogP contribution in [0.5, 0.6) is 11.5 Å². The Hall–Kier alpha value is -2.66. The van der Waals surface area contributed by atoms with Gasteiger partial charge in [0, 0.05) is 38.3 Å². The van der Waals surface area contributed by atoms with Gasteiger partial charge in [0.15, 0.2) is 0 Å². The molecule has 0 aliphatic carbocycles. The molecule has 0 bridgehead atoms. The third-order valence-electron chi connectivity index (χ3n) is 6.10. The first-order valence-corrected chi connectivity index (χ1v) is 12.8. The van der Waals surface area contributed by atoms with Crippen molar-refractivity contribution in [3.8, 4) is 11.5 Å². The second-order valence-corrected chi connectivity index (χ2v) is 10.4. The van der Waals surface area contributed by atoms with Gasteiger partial charge >= 0.3 is 0 Å². The molecule has 0 aromatic heterocycles. The largest absolute Gasteiger partial charge is 0.495 e. The molecule has 2 aromatic carbocycles. The van der Waals surface area contributed by atoms with E-state index in [1.165, 1.54) is 23.5 Å². The Morgan fingerprint density at radius 1 is 1.12 bits per heavy atom. The van der Waals surface area contributed by atoms with Gasteiger partial charge in [-0.1, -0.05) is 0 Å². The Labute approximate surface area is 200 Å². The summed E-state index contributed by atoms with van der Waals surface area (Å²) < 4.78 is 44.4. The highest BCUT2D eigenvalue weighted by atomic mass is 32.2. The first-order chi connectivity index (χ1) is 16.4. The maximum atomic E-state index is 13.1. The van der Waals surface area contributed by atoms with Crippen molar-refractivity contribution in [2.45, 2.75) is 23.8 Å². The monoisotopic (exact) mass is 489 g/mol. The van der Waals surface area contributed by atoms with Crippen molar-refractivity contribution in [1.82, 2.24) is 9.21 Å². The number of carbonyl (C=O) groups excluding carboxylic acids is 1. The topological polar surface area (TPSA) is 97.4 Å². The molecular formula is C24H31N3O6S. The molecule has 2 aliphatic heterocycles. The van der Waals surface area contributed by atoms with Crippen LogP contribution in [0, 0.1) is 0 Å². The summed E-state index contributed by atoms with van der Waals surface area (Å²) in [5.41, 5.74) is 0.709. The first-order valence-electron chi connectivity index (χ1n) is 11.4. The summed E-state index contributed by atoms with van der Waals surface area (Å²) in [4.78, 5) is 15.1. The number of likely N-dealkylation sites (N-methyl/N-ethyl adjacent to an activating group) is 1. The number of piperazine rings is 1. The normalized spacial score (nSPS) is 19.6. The van der Waals surface area contributed by atoms with Crippen LogP contribution in [-0.4, -0.2) is 83.2 Å². The van der Waals surface area contributed by atoms with E-state index < -0.39 is 10.0 Å². The molecule has 1 amide bonds. The summed E-state index contributed by atoms with van der Waals surface area (Å²) in [7, 11) is -0.241. The molecule has 9 nitrogen and oxygen atoms in total. The van der Waals surface area contributed by atoms with E-state index in [4.69, 9.17) is 14.2 Å². The number of methoxy groups -OCH3 is 1. The Kier molecular flexibility index (Phi) is 7.72. The van der Waals surface area contributed by atoms with Crippen molar-refractivity contribution in [2.24, 2.45) is 0 Å². The number of hydrogen-bond donors (Lipinski definition) is 1. The maximum absolute atomic E-state index is 13.1. The number of hydrogen-bond acceptors (Lipinski definition) is 7. The van der Waals surface area contributed by atoms with Crippen molar-refractivity contribution >= 4 is 21.6 Å². The summed E-state index contributed by atoms with van der Waals surface area (Å²) in [6.07, 6.45) is 2.16. The molecule has 0 radical (unpaired) electrons. The number of benzene rings is 2. The van der Waals surface area contributed by atoms with Gasteiger partial charge in [0.25, 0.3) is 5.91 Å². The fraction of sp³-hybridized carbons (Fsp3) is 0.458. The molecule has 34 heavy (non-hydrogen) atoms. The number of amides is 1. The smallest absolute Gasteiger partial charge is 0.255 e. The van der Waals surface area contributed by atoms with Crippen molar-refractivity contribution in [3.63, 3.8) is 0 Å². The zero-order valence-electron chi connectivity index (χ0n) is 19.5. The van der Waals surface area contributed by atoms with Gasteiger partial charge in [-0.05, 0) is 62.4 Å². The van der Waals surface area contributed by atoms with Gasteiger partial charge in [0.05, 0.1) is 23.8 Å². The summed E-state index contributed by atoms with van der Waals surface area (Å²) >= 11 is 0. The van der Waals surface area contributed by atoms with Crippen LogP contribution < -0.4 is 14.8 Å². The van der Waals surface area contributed by atoms with E-state index in [-0.39, 0.29) is 16.9 Å². The van der Waals surface area contributed by atoms with Crippen molar-refractivity contribution in [1.29, 1.82) is 0 Å². The van der Waals surface area contributed by atoms with E-state index in [2.05, 4.69) is 10.2 Å². The van der Waals surface area contributed by atoms with Crippen LogP contribution in [0.15, 0.2) is 47.4 Å². The number of sulfonamides is 1. The lowest BCUT2D eigenvalue weighted by molar-refractivity contribution is 0.0679. The van der Waals surface area contributed by atoms with Crippen LogP contribution in [0.1, 0.15) is 23.2 Å². The molecule has 10 heteroatoms. The second-order valence-electron chi connectivity index (χ2n) is 8.49. The third kappa shape index (κ3) is 5.69. The van der Waals surface area contributed by atoms with Crippen LogP contribution in [0.4, 0.5) is 5.69 Å². The van der Waals surface area contributed by atoms with Crippen LogP contribution >= 0.6 is 0 Å². The Morgan fingerprint density at radius 2 is 1.85 bits per heavy atom. The lowest BCUT2D eigenvalue weighted by Gasteiger charge is -2.31.